The van der Waals surface area contributed by atoms with Crippen LogP contribution in [0.25, 0.3) is 5.65 Å². The van der Waals surface area contributed by atoms with Gasteiger partial charge < -0.3 is 19.8 Å². The molecule has 2 aliphatic heterocycles. The molecule has 2 saturated heterocycles. The first-order valence-corrected chi connectivity index (χ1v) is 7.70. The number of carbonyl (C=O) groups is 2. The van der Waals surface area contributed by atoms with Gasteiger partial charge in [0.25, 0.3) is 5.91 Å². The molecule has 2 fully saturated rings. The summed E-state index contributed by atoms with van der Waals surface area (Å²) in [5, 5.41) is 0. The predicted molar refractivity (Wildman–Crippen MR) is 81.6 cm³/mol. The van der Waals surface area contributed by atoms with E-state index in [-0.39, 0.29) is 17.7 Å². The van der Waals surface area contributed by atoms with Crippen LogP contribution in [0.1, 0.15) is 16.8 Å². The number of amides is 2. The lowest BCUT2D eigenvalue weighted by Crippen LogP contribution is -2.48. The lowest BCUT2D eigenvalue weighted by Gasteiger charge is -2.34. The standard InChI is InChI=1S/C16H18N4O3/c17-15(22)16-3-6-23-9-12(16)8-20(10-16)14(21)11-1-2-13-18-4-5-19(13)7-11/h1-2,4-5,7,12H,3,6,8-10H2,(H2,17,22)/t12-,16+/m1/s1. The highest BCUT2D eigenvalue weighted by atomic mass is 16.5. The molecule has 2 aromatic rings. The quantitative estimate of drug-likeness (QED) is 0.863. The zero-order chi connectivity index (χ0) is 16.0. The molecule has 7 heteroatoms. The van der Waals surface area contributed by atoms with Gasteiger partial charge in [0, 0.05) is 44.2 Å². The van der Waals surface area contributed by atoms with Gasteiger partial charge in [-0.1, -0.05) is 0 Å². The third-order valence-electron chi connectivity index (χ3n) is 5.12. The van der Waals surface area contributed by atoms with Gasteiger partial charge in [0.2, 0.25) is 5.91 Å². The summed E-state index contributed by atoms with van der Waals surface area (Å²) in [5.41, 5.74) is 6.38. The van der Waals surface area contributed by atoms with Crippen molar-refractivity contribution < 1.29 is 14.3 Å². The Hall–Kier alpha value is -2.41. The minimum Gasteiger partial charge on any atom is -0.381 e. The maximum Gasteiger partial charge on any atom is 0.255 e. The summed E-state index contributed by atoms with van der Waals surface area (Å²) in [4.78, 5) is 30.7. The highest BCUT2D eigenvalue weighted by Crippen LogP contribution is 2.42. The van der Waals surface area contributed by atoms with Crippen LogP contribution in [0.2, 0.25) is 0 Å². The topological polar surface area (TPSA) is 89.9 Å². The van der Waals surface area contributed by atoms with E-state index in [4.69, 9.17) is 10.5 Å². The van der Waals surface area contributed by atoms with Gasteiger partial charge >= 0.3 is 0 Å². The summed E-state index contributed by atoms with van der Waals surface area (Å²) in [7, 11) is 0. The summed E-state index contributed by atoms with van der Waals surface area (Å²) < 4.78 is 7.29. The monoisotopic (exact) mass is 314 g/mol. The number of aromatic nitrogens is 2. The number of imidazole rings is 1. The molecule has 0 radical (unpaired) electrons. The molecule has 0 saturated carbocycles. The van der Waals surface area contributed by atoms with Crippen molar-refractivity contribution >= 4 is 17.5 Å². The van der Waals surface area contributed by atoms with E-state index in [0.717, 1.165) is 5.65 Å². The second-order valence-electron chi connectivity index (χ2n) is 6.34. The Kier molecular flexibility index (Phi) is 3.12. The Bertz CT molecular complexity index is 786. The number of nitrogens with zero attached hydrogens (tertiary/aromatic N) is 3. The number of rotatable bonds is 2. The van der Waals surface area contributed by atoms with Crippen molar-refractivity contribution in [2.45, 2.75) is 6.42 Å². The van der Waals surface area contributed by atoms with E-state index in [1.165, 1.54) is 0 Å². The van der Waals surface area contributed by atoms with E-state index in [9.17, 15) is 9.59 Å². The Morgan fingerprint density at radius 2 is 2.26 bits per heavy atom. The van der Waals surface area contributed by atoms with Gasteiger partial charge in [-0.2, -0.15) is 0 Å². The molecule has 2 atom stereocenters. The fourth-order valence-corrected chi connectivity index (χ4v) is 3.74. The number of fused-ring (bicyclic) bond motifs is 2. The third kappa shape index (κ3) is 2.11. The molecule has 2 N–H and O–H groups in total. The predicted octanol–water partition coefficient (Wildman–Crippen LogP) is 0.298. The van der Waals surface area contributed by atoms with Gasteiger partial charge in [-0.25, -0.2) is 4.98 Å². The van der Waals surface area contributed by atoms with E-state index < -0.39 is 5.41 Å². The maximum absolute atomic E-state index is 12.8. The van der Waals surface area contributed by atoms with Crippen LogP contribution < -0.4 is 5.73 Å². The average Bonchev–Trinajstić information content (AvgIpc) is 3.18. The number of likely N-dealkylation sites (tertiary alicyclic amines) is 1. The van der Waals surface area contributed by atoms with Gasteiger partial charge in [0.1, 0.15) is 5.65 Å². The first kappa shape index (κ1) is 14.2. The molecule has 0 bridgehead atoms. The van der Waals surface area contributed by atoms with Crippen LogP contribution in [-0.2, 0) is 9.53 Å². The summed E-state index contributed by atoms with van der Waals surface area (Å²) in [5.74, 6) is -0.434. The van der Waals surface area contributed by atoms with Crippen LogP contribution in [0.4, 0.5) is 0 Å². The third-order valence-corrected chi connectivity index (χ3v) is 5.12. The van der Waals surface area contributed by atoms with E-state index in [1.54, 1.807) is 29.6 Å². The Balaban J connectivity index is 1.63. The number of carbonyl (C=O) groups excluding carboxylic acids is 2. The van der Waals surface area contributed by atoms with E-state index in [1.807, 2.05) is 10.5 Å². The number of hydrogen-bond acceptors (Lipinski definition) is 4. The minimum atomic E-state index is -0.646. The molecule has 0 aromatic carbocycles. The van der Waals surface area contributed by atoms with Crippen molar-refractivity contribution in [2.24, 2.45) is 17.1 Å². The Labute approximate surface area is 133 Å². The number of nitrogens with two attached hydrogens (primary N) is 1. The molecular weight excluding hydrogens is 296 g/mol. The van der Waals surface area contributed by atoms with Gasteiger partial charge in [-0.3, -0.25) is 9.59 Å². The van der Waals surface area contributed by atoms with E-state index >= 15 is 0 Å². The summed E-state index contributed by atoms with van der Waals surface area (Å²) in [6.45, 7) is 1.87. The lowest BCUT2D eigenvalue weighted by atomic mass is 9.74. The molecule has 0 unspecified atom stereocenters. The Morgan fingerprint density at radius 1 is 1.39 bits per heavy atom. The first-order valence-electron chi connectivity index (χ1n) is 7.70. The van der Waals surface area contributed by atoms with Crippen molar-refractivity contribution in [3.05, 3.63) is 36.3 Å². The van der Waals surface area contributed by atoms with Crippen molar-refractivity contribution in [1.29, 1.82) is 0 Å². The molecule has 4 rings (SSSR count). The van der Waals surface area contributed by atoms with Crippen LogP contribution in [0.15, 0.2) is 30.7 Å². The van der Waals surface area contributed by atoms with E-state index in [2.05, 4.69) is 4.98 Å². The summed E-state index contributed by atoms with van der Waals surface area (Å²) in [6.07, 6.45) is 5.83. The lowest BCUT2D eigenvalue weighted by molar-refractivity contribution is -0.135. The van der Waals surface area contributed by atoms with Crippen LogP contribution >= 0.6 is 0 Å². The normalized spacial score (nSPS) is 27.1. The van der Waals surface area contributed by atoms with Crippen LogP contribution in [0, 0.1) is 11.3 Å². The van der Waals surface area contributed by atoms with Crippen LogP contribution in [0.5, 0.6) is 0 Å². The van der Waals surface area contributed by atoms with Crippen molar-refractivity contribution in [3.8, 4) is 0 Å². The van der Waals surface area contributed by atoms with Gasteiger partial charge in [0.15, 0.2) is 0 Å². The van der Waals surface area contributed by atoms with Crippen LogP contribution in [-0.4, -0.2) is 52.4 Å². The molecular formula is C16H18N4O3. The van der Waals surface area contributed by atoms with Crippen molar-refractivity contribution in [3.63, 3.8) is 0 Å². The number of primary amides is 1. The first-order chi connectivity index (χ1) is 11.1. The van der Waals surface area contributed by atoms with Gasteiger partial charge in [0.05, 0.1) is 17.6 Å². The van der Waals surface area contributed by atoms with Crippen LogP contribution in [0.3, 0.4) is 0 Å². The highest BCUT2D eigenvalue weighted by Gasteiger charge is 2.53. The fourth-order valence-electron chi connectivity index (χ4n) is 3.74. The molecule has 2 aliphatic rings. The second-order valence-corrected chi connectivity index (χ2v) is 6.34. The molecule has 7 nitrogen and oxygen atoms in total. The fraction of sp³-hybridized carbons (Fsp3) is 0.438. The summed E-state index contributed by atoms with van der Waals surface area (Å²) >= 11 is 0. The molecule has 120 valence electrons. The molecule has 4 heterocycles. The second kappa shape index (κ2) is 5.06. The molecule has 2 amide bonds. The van der Waals surface area contributed by atoms with Crippen molar-refractivity contribution in [1.82, 2.24) is 14.3 Å². The van der Waals surface area contributed by atoms with Gasteiger partial charge in [-0.15, -0.1) is 0 Å². The number of pyridine rings is 1. The average molecular weight is 314 g/mol. The molecule has 0 spiro atoms. The number of ether oxygens (including phenoxy) is 1. The Morgan fingerprint density at radius 3 is 3.04 bits per heavy atom. The largest absolute Gasteiger partial charge is 0.381 e. The zero-order valence-electron chi connectivity index (χ0n) is 12.6. The zero-order valence-corrected chi connectivity index (χ0v) is 12.6. The molecule has 23 heavy (non-hydrogen) atoms. The van der Waals surface area contributed by atoms with E-state index in [0.29, 0.717) is 38.3 Å². The van der Waals surface area contributed by atoms with Crippen molar-refractivity contribution in [2.75, 3.05) is 26.3 Å². The maximum atomic E-state index is 12.8. The SMILES string of the molecule is NC(=O)[C@]12CCOC[C@H]1CN(C(=O)c1ccc3nccn3c1)C2. The molecule has 2 aromatic heterocycles. The summed E-state index contributed by atoms with van der Waals surface area (Å²) in [6, 6.07) is 3.57. The number of hydrogen-bond donors (Lipinski definition) is 1. The minimum absolute atomic E-state index is 0.0188. The van der Waals surface area contributed by atoms with Gasteiger partial charge in [-0.05, 0) is 18.6 Å². The highest BCUT2D eigenvalue weighted by molar-refractivity contribution is 5.95. The molecule has 0 aliphatic carbocycles. The smallest absolute Gasteiger partial charge is 0.255 e.